The quantitative estimate of drug-likeness (QED) is 0.545. The van der Waals surface area contributed by atoms with Crippen LogP contribution in [0.2, 0.25) is 13.1 Å². The zero-order valence-electron chi connectivity index (χ0n) is 10.9. The molecule has 0 radical (unpaired) electrons. The molecule has 0 N–H and O–H groups in total. The summed E-state index contributed by atoms with van der Waals surface area (Å²) in [6.45, 7) is 0.216. The van der Waals surface area contributed by atoms with Crippen LogP contribution < -0.4 is 10.4 Å². The van der Waals surface area contributed by atoms with Gasteiger partial charge in [-0.05, 0) is 23.5 Å². The van der Waals surface area contributed by atoms with Gasteiger partial charge in [0.05, 0.1) is 0 Å². The number of halogens is 2. The highest BCUT2D eigenvalue weighted by atomic mass is 79.9. The molecule has 0 aliphatic heterocycles. The van der Waals surface area contributed by atoms with Crippen molar-refractivity contribution in [2.45, 2.75) is 13.1 Å². The summed E-state index contributed by atoms with van der Waals surface area (Å²) in [5.74, 6) is 0. The standard InChI is InChI=1S/C14H16Br2OSi2/c1-18(15,13-9-5-3-6-10-13)17-19(2,16)14-11-7-4-8-12-14/h3-12H,1-2H3/t18-,19-/m1/s1. The van der Waals surface area contributed by atoms with Gasteiger partial charge in [0.1, 0.15) is 0 Å². The van der Waals surface area contributed by atoms with Gasteiger partial charge >= 0.3 is 0 Å². The van der Waals surface area contributed by atoms with E-state index in [1.165, 1.54) is 10.4 Å². The van der Waals surface area contributed by atoms with Crippen LogP contribution in [-0.2, 0) is 4.12 Å². The predicted molar refractivity (Wildman–Crippen MR) is 94.3 cm³/mol. The maximum Gasteiger partial charge on any atom is 0.283 e. The maximum absolute atomic E-state index is 6.51. The second kappa shape index (κ2) is 6.05. The minimum Gasteiger partial charge on any atom is -0.433 e. The highest BCUT2D eigenvalue weighted by Crippen LogP contribution is 2.24. The normalized spacial score (nSPS) is 17.5. The molecule has 0 aliphatic carbocycles. The number of hydrogen-bond acceptors (Lipinski definition) is 1. The fourth-order valence-electron chi connectivity index (χ4n) is 1.95. The molecule has 0 aliphatic rings. The Morgan fingerprint density at radius 3 is 1.32 bits per heavy atom. The van der Waals surface area contributed by atoms with Gasteiger partial charge in [-0.15, -0.1) is 0 Å². The van der Waals surface area contributed by atoms with Gasteiger partial charge in [-0.1, -0.05) is 91.2 Å². The fourth-order valence-corrected chi connectivity index (χ4v) is 16.7. The van der Waals surface area contributed by atoms with Gasteiger partial charge in [0.2, 0.25) is 0 Å². The molecular weight excluding hydrogens is 400 g/mol. The summed E-state index contributed by atoms with van der Waals surface area (Å²) >= 11 is 7.69. The van der Waals surface area contributed by atoms with Crippen LogP contribution in [0.5, 0.6) is 0 Å². The van der Waals surface area contributed by atoms with E-state index in [4.69, 9.17) is 4.12 Å². The molecule has 0 fully saturated rings. The molecule has 2 aromatic carbocycles. The maximum atomic E-state index is 6.51. The van der Waals surface area contributed by atoms with Crippen molar-refractivity contribution in [3.63, 3.8) is 0 Å². The molecule has 19 heavy (non-hydrogen) atoms. The van der Waals surface area contributed by atoms with Crippen LogP contribution in [0.25, 0.3) is 0 Å². The van der Waals surface area contributed by atoms with Crippen molar-refractivity contribution >= 4 is 54.8 Å². The molecule has 5 heteroatoms. The van der Waals surface area contributed by atoms with Crippen molar-refractivity contribution in [1.82, 2.24) is 0 Å². The number of rotatable bonds is 4. The number of benzene rings is 2. The molecule has 2 atom stereocenters. The molecular formula is C14H16Br2OSi2. The van der Waals surface area contributed by atoms with Gasteiger partial charge in [0, 0.05) is 0 Å². The van der Waals surface area contributed by atoms with Crippen LogP contribution in [0.15, 0.2) is 60.7 Å². The van der Waals surface area contributed by atoms with E-state index in [1.807, 2.05) is 12.1 Å². The highest BCUT2D eigenvalue weighted by Gasteiger charge is 2.39. The summed E-state index contributed by atoms with van der Waals surface area (Å²) in [4.78, 5) is 0. The summed E-state index contributed by atoms with van der Waals surface area (Å²) in [5, 5.41) is 2.51. The predicted octanol–water partition coefficient (Wildman–Crippen LogP) is 3.75. The highest BCUT2D eigenvalue weighted by molar-refractivity contribution is 9.27. The van der Waals surface area contributed by atoms with Gasteiger partial charge in [-0.3, -0.25) is 0 Å². The van der Waals surface area contributed by atoms with Crippen LogP contribution in [-0.4, -0.2) is 13.9 Å². The van der Waals surface area contributed by atoms with Crippen molar-refractivity contribution < 1.29 is 4.12 Å². The lowest BCUT2D eigenvalue weighted by Crippen LogP contribution is -2.54. The Labute approximate surface area is 132 Å². The smallest absolute Gasteiger partial charge is 0.283 e. The van der Waals surface area contributed by atoms with E-state index in [1.54, 1.807) is 0 Å². The number of hydrogen-bond donors (Lipinski definition) is 0. The monoisotopic (exact) mass is 414 g/mol. The van der Waals surface area contributed by atoms with E-state index in [9.17, 15) is 0 Å². The van der Waals surface area contributed by atoms with E-state index in [0.717, 1.165) is 0 Å². The van der Waals surface area contributed by atoms with Gasteiger partial charge in [-0.25, -0.2) is 0 Å². The Morgan fingerprint density at radius 2 is 1.00 bits per heavy atom. The molecule has 100 valence electrons. The Balaban J connectivity index is 2.25. The minimum atomic E-state index is -2.07. The van der Waals surface area contributed by atoms with E-state index >= 15 is 0 Å². The van der Waals surface area contributed by atoms with E-state index in [0.29, 0.717) is 0 Å². The second-order valence-corrected chi connectivity index (χ2v) is 19.4. The third kappa shape index (κ3) is 3.89. The Kier molecular flexibility index (Phi) is 4.84. The molecule has 1 nitrogen and oxygen atoms in total. The molecule has 0 saturated heterocycles. The molecule has 0 heterocycles. The van der Waals surface area contributed by atoms with Gasteiger partial charge in [-0.2, -0.15) is 0 Å². The van der Waals surface area contributed by atoms with Crippen molar-refractivity contribution in [2.75, 3.05) is 0 Å². The Hall–Kier alpha value is -0.206. The molecule has 2 rings (SSSR count). The molecule has 0 saturated carbocycles. The summed E-state index contributed by atoms with van der Waals surface area (Å²) in [7, 11) is 0. The van der Waals surface area contributed by atoms with Gasteiger partial charge in [0.25, 0.3) is 13.9 Å². The molecule has 2 aromatic rings. The van der Waals surface area contributed by atoms with Crippen molar-refractivity contribution in [2.24, 2.45) is 0 Å². The van der Waals surface area contributed by atoms with Crippen LogP contribution in [0.3, 0.4) is 0 Å². The van der Waals surface area contributed by atoms with Crippen LogP contribution in [0, 0.1) is 0 Å². The fraction of sp³-hybridized carbons (Fsp3) is 0.143. The lowest BCUT2D eigenvalue weighted by Gasteiger charge is -2.31. The van der Waals surface area contributed by atoms with Crippen LogP contribution in [0.4, 0.5) is 0 Å². The first-order valence-corrected chi connectivity index (χ1v) is 15.4. The largest absolute Gasteiger partial charge is 0.433 e. The summed E-state index contributed by atoms with van der Waals surface area (Å²) in [5.41, 5.74) is 0. The van der Waals surface area contributed by atoms with Crippen LogP contribution >= 0.6 is 30.6 Å². The third-order valence-electron chi connectivity index (χ3n) is 2.96. The van der Waals surface area contributed by atoms with Crippen molar-refractivity contribution in [3.05, 3.63) is 60.7 Å². The second-order valence-electron chi connectivity index (χ2n) is 4.67. The van der Waals surface area contributed by atoms with Gasteiger partial charge < -0.3 is 4.12 Å². The molecule has 0 aromatic heterocycles. The van der Waals surface area contributed by atoms with E-state index in [2.05, 4.69) is 92.2 Å². The summed E-state index contributed by atoms with van der Waals surface area (Å²) < 4.78 is 6.51. The zero-order valence-corrected chi connectivity index (χ0v) is 16.1. The van der Waals surface area contributed by atoms with E-state index in [-0.39, 0.29) is 0 Å². The average molecular weight is 416 g/mol. The Morgan fingerprint density at radius 1 is 0.684 bits per heavy atom. The van der Waals surface area contributed by atoms with Gasteiger partial charge in [0.15, 0.2) is 0 Å². The third-order valence-corrected chi connectivity index (χ3v) is 14.4. The van der Waals surface area contributed by atoms with E-state index < -0.39 is 13.9 Å². The van der Waals surface area contributed by atoms with Crippen molar-refractivity contribution in [1.29, 1.82) is 0 Å². The molecule has 0 unspecified atom stereocenters. The van der Waals surface area contributed by atoms with Crippen molar-refractivity contribution in [3.8, 4) is 0 Å². The minimum absolute atomic E-state index is 1.25. The lowest BCUT2D eigenvalue weighted by atomic mass is 10.4. The SMILES string of the molecule is C[Si@@](Br)(O[Si@@](C)(Br)c1ccccc1)c1ccccc1. The lowest BCUT2D eigenvalue weighted by molar-refractivity contribution is 0.609. The summed E-state index contributed by atoms with van der Waals surface area (Å²) in [6.07, 6.45) is 0. The summed E-state index contributed by atoms with van der Waals surface area (Å²) in [6, 6.07) is 20.8. The molecule has 0 amide bonds. The molecule has 0 bridgehead atoms. The Bertz CT molecular complexity index is 480. The zero-order chi connectivity index (χ0) is 13.9. The first-order chi connectivity index (χ1) is 8.92. The van der Waals surface area contributed by atoms with Crippen LogP contribution in [0.1, 0.15) is 0 Å². The first kappa shape index (κ1) is 15.2. The topological polar surface area (TPSA) is 9.23 Å². The average Bonchev–Trinajstić information content (AvgIpc) is 2.40. The molecule has 0 spiro atoms. The first-order valence-electron chi connectivity index (χ1n) is 6.11.